The first-order chi connectivity index (χ1) is 9.92. The molecule has 1 aromatic heterocycles. The average molecular weight is 308 g/mol. The fraction of sp³-hybridized carbons (Fsp3) is 0.154. The second-order valence-corrected chi connectivity index (χ2v) is 6.19. The van der Waals surface area contributed by atoms with Crippen molar-refractivity contribution in [2.24, 2.45) is 5.73 Å². The molecule has 0 saturated heterocycles. The standard InChI is InChI=1S/C13H16N4O3S/c1-9(14)10-2-4-12(5-3-10)21(19,20)17-11-6-7-15-13(8-11)16-18/h2-9,18H,14H2,1H3,(H2,15,16,17). The van der Waals surface area contributed by atoms with Gasteiger partial charge < -0.3 is 5.73 Å². The largest absolute Gasteiger partial charge is 0.324 e. The molecular weight excluding hydrogens is 292 g/mol. The van der Waals surface area contributed by atoms with Gasteiger partial charge in [0.2, 0.25) is 0 Å². The Hall–Kier alpha value is -2.16. The summed E-state index contributed by atoms with van der Waals surface area (Å²) in [5.41, 5.74) is 8.72. The van der Waals surface area contributed by atoms with Gasteiger partial charge in [-0.3, -0.25) is 15.4 Å². The minimum Gasteiger partial charge on any atom is -0.324 e. The fourth-order valence-corrected chi connectivity index (χ4v) is 2.77. The van der Waals surface area contributed by atoms with Crippen molar-refractivity contribution in [2.45, 2.75) is 17.9 Å². The Labute approximate surface area is 122 Å². The molecule has 0 aliphatic rings. The van der Waals surface area contributed by atoms with Crippen molar-refractivity contribution in [2.75, 3.05) is 10.2 Å². The lowest BCUT2D eigenvalue weighted by Crippen LogP contribution is -2.13. The third kappa shape index (κ3) is 3.69. The van der Waals surface area contributed by atoms with Crippen molar-refractivity contribution in [1.82, 2.24) is 4.98 Å². The van der Waals surface area contributed by atoms with Crippen LogP contribution in [0.25, 0.3) is 0 Å². The SMILES string of the molecule is CC(N)c1ccc(S(=O)(=O)Nc2ccnc(NO)c2)cc1. The summed E-state index contributed by atoms with van der Waals surface area (Å²) in [5, 5.41) is 8.76. The van der Waals surface area contributed by atoms with Crippen molar-refractivity contribution in [3.63, 3.8) is 0 Å². The zero-order valence-electron chi connectivity index (χ0n) is 11.3. The van der Waals surface area contributed by atoms with Crippen LogP contribution in [-0.2, 0) is 10.0 Å². The van der Waals surface area contributed by atoms with Crippen molar-refractivity contribution < 1.29 is 13.6 Å². The molecule has 0 radical (unpaired) electrons. The molecule has 2 rings (SSSR count). The van der Waals surface area contributed by atoms with E-state index in [1.807, 2.05) is 12.4 Å². The van der Waals surface area contributed by atoms with Crippen LogP contribution >= 0.6 is 0 Å². The number of hydrogen-bond acceptors (Lipinski definition) is 6. The molecule has 1 atom stereocenters. The number of sulfonamides is 1. The first-order valence-corrected chi connectivity index (χ1v) is 7.65. The van der Waals surface area contributed by atoms with Crippen molar-refractivity contribution >= 4 is 21.5 Å². The average Bonchev–Trinajstić information content (AvgIpc) is 2.47. The normalized spacial score (nSPS) is 12.7. The lowest BCUT2D eigenvalue weighted by atomic mass is 10.1. The quantitative estimate of drug-likeness (QED) is 0.625. The van der Waals surface area contributed by atoms with Crippen LogP contribution in [0.5, 0.6) is 0 Å². The van der Waals surface area contributed by atoms with Gasteiger partial charge in [0.15, 0.2) is 5.82 Å². The van der Waals surface area contributed by atoms with E-state index in [2.05, 4.69) is 9.71 Å². The van der Waals surface area contributed by atoms with Gasteiger partial charge in [0.25, 0.3) is 10.0 Å². The van der Waals surface area contributed by atoms with Gasteiger partial charge in [0.1, 0.15) is 0 Å². The molecule has 2 aromatic rings. The fourth-order valence-electron chi connectivity index (χ4n) is 1.72. The molecule has 0 bridgehead atoms. The van der Waals surface area contributed by atoms with Crippen LogP contribution in [-0.4, -0.2) is 18.6 Å². The van der Waals surface area contributed by atoms with E-state index >= 15 is 0 Å². The maximum atomic E-state index is 12.2. The van der Waals surface area contributed by atoms with E-state index in [0.29, 0.717) is 0 Å². The summed E-state index contributed by atoms with van der Waals surface area (Å²) >= 11 is 0. The maximum absolute atomic E-state index is 12.2. The monoisotopic (exact) mass is 308 g/mol. The molecule has 7 nitrogen and oxygen atoms in total. The highest BCUT2D eigenvalue weighted by atomic mass is 32.2. The third-order valence-electron chi connectivity index (χ3n) is 2.84. The molecule has 1 unspecified atom stereocenters. The number of benzene rings is 1. The topological polar surface area (TPSA) is 117 Å². The number of hydrogen-bond donors (Lipinski definition) is 4. The smallest absolute Gasteiger partial charge is 0.261 e. The van der Waals surface area contributed by atoms with Crippen LogP contribution in [0.3, 0.4) is 0 Å². The van der Waals surface area contributed by atoms with E-state index in [4.69, 9.17) is 10.9 Å². The number of nitrogens with one attached hydrogen (secondary N) is 2. The summed E-state index contributed by atoms with van der Waals surface area (Å²) in [7, 11) is -3.71. The molecule has 0 fully saturated rings. The van der Waals surface area contributed by atoms with Crippen LogP contribution in [0, 0.1) is 0 Å². The molecule has 112 valence electrons. The Balaban J connectivity index is 2.25. The number of nitrogens with zero attached hydrogens (tertiary/aromatic N) is 1. The van der Waals surface area contributed by atoms with E-state index in [-0.39, 0.29) is 22.4 Å². The molecule has 0 saturated carbocycles. The molecule has 0 spiro atoms. The summed E-state index contributed by atoms with van der Waals surface area (Å²) in [4.78, 5) is 3.91. The van der Waals surface area contributed by atoms with E-state index in [9.17, 15) is 8.42 Å². The molecular formula is C13H16N4O3S. The van der Waals surface area contributed by atoms with Gasteiger partial charge in [0.05, 0.1) is 10.6 Å². The van der Waals surface area contributed by atoms with Crippen LogP contribution in [0.15, 0.2) is 47.5 Å². The Morgan fingerprint density at radius 2 is 1.90 bits per heavy atom. The molecule has 0 amide bonds. The van der Waals surface area contributed by atoms with Gasteiger partial charge in [-0.05, 0) is 30.7 Å². The van der Waals surface area contributed by atoms with Gasteiger partial charge >= 0.3 is 0 Å². The second-order valence-electron chi connectivity index (χ2n) is 4.50. The number of aromatic nitrogens is 1. The van der Waals surface area contributed by atoms with Crippen LogP contribution in [0.1, 0.15) is 18.5 Å². The van der Waals surface area contributed by atoms with Crippen molar-refractivity contribution in [3.05, 3.63) is 48.2 Å². The second kappa shape index (κ2) is 6.08. The first-order valence-electron chi connectivity index (χ1n) is 6.17. The number of pyridine rings is 1. The molecule has 21 heavy (non-hydrogen) atoms. The summed E-state index contributed by atoms with van der Waals surface area (Å²) in [6.45, 7) is 1.82. The zero-order chi connectivity index (χ0) is 15.5. The predicted octanol–water partition coefficient (Wildman–Crippen LogP) is 1.70. The van der Waals surface area contributed by atoms with Gasteiger partial charge in [-0.1, -0.05) is 12.1 Å². The molecule has 0 aliphatic carbocycles. The Kier molecular flexibility index (Phi) is 4.41. The highest BCUT2D eigenvalue weighted by molar-refractivity contribution is 7.92. The highest BCUT2D eigenvalue weighted by Crippen LogP contribution is 2.19. The predicted molar refractivity (Wildman–Crippen MR) is 79.5 cm³/mol. The number of rotatable bonds is 5. The summed E-state index contributed by atoms with van der Waals surface area (Å²) < 4.78 is 26.9. The number of nitrogens with two attached hydrogens (primary N) is 1. The molecule has 5 N–H and O–H groups in total. The molecule has 1 aromatic carbocycles. The summed E-state index contributed by atoms with van der Waals surface area (Å²) in [6.07, 6.45) is 1.37. The Morgan fingerprint density at radius 1 is 1.24 bits per heavy atom. The van der Waals surface area contributed by atoms with Gasteiger partial charge in [-0.15, -0.1) is 0 Å². The van der Waals surface area contributed by atoms with Gasteiger partial charge in [-0.2, -0.15) is 0 Å². The minimum atomic E-state index is -3.71. The lowest BCUT2D eigenvalue weighted by Gasteiger charge is -2.10. The Morgan fingerprint density at radius 3 is 2.48 bits per heavy atom. The van der Waals surface area contributed by atoms with Crippen LogP contribution in [0.2, 0.25) is 0 Å². The summed E-state index contributed by atoms with van der Waals surface area (Å²) in [6, 6.07) is 9.02. The van der Waals surface area contributed by atoms with Gasteiger partial charge in [0, 0.05) is 18.3 Å². The highest BCUT2D eigenvalue weighted by Gasteiger charge is 2.14. The number of anilines is 2. The van der Waals surface area contributed by atoms with E-state index in [1.54, 1.807) is 12.1 Å². The summed E-state index contributed by atoms with van der Waals surface area (Å²) in [5.74, 6) is 0.141. The minimum absolute atomic E-state index is 0.127. The zero-order valence-corrected chi connectivity index (χ0v) is 12.1. The molecule has 0 aliphatic heterocycles. The van der Waals surface area contributed by atoms with E-state index in [1.165, 1.54) is 30.5 Å². The first kappa shape index (κ1) is 15.2. The lowest BCUT2D eigenvalue weighted by molar-refractivity contribution is 0.386. The van der Waals surface area contributed by atoms with Crippen molar-refractivity contribution in [1.29, 1.82) is 0 Å². The third-order valence-corrected chi connectivity index (χ3v) is 4.24. The Bertz CT molecular complexity index is 714. The van der Waals surface area contributed by atoms with E-state index < -0.39 is 10.0 Å². The van der Waals surface area contributed by atoms with Crippen LogP contribution in [0.4, 0.5) is 11.5 Å². The van der Waals surface area contributed by atoms with Crippen molar-refractivity contribution in [3.8, 4) is 0 Å². The van der Waals surface area contributed by atoms with E-state index in [0.717, 1.165) is 5.56 Å². The molecule has 1 heterocycles. The molecule has 8 heteroatoms. The van der Waals surface area contributed by atoms with Gasteiger partial charge in [-0.25, -0.2) is 13.4 Å². The maximum Gasteiger partial charge on any atom is 0.261 e. The van der Waals surface area contributed by atoms with Crippen LogP contribution < -0.4 is 15.9 Å².